The molecule has 2 aromatic carbocycles. The number of aliphatic hydroxyl groups is 1. The van der Waals surface area contributed by atoms with Crippen molar-refractivity contribution < 1.29 is 5.11 Å². The van der Waals surface area contributed by atoms with Crippen LogP contribution in [0.4, 0.5) is 5.69 Å². The molecule has 4 nitrogen and oxygen atoms in total. The first kappa shape index (κ1) is 17.8. The van der Waals surface area contributed by atoms with Gasteiger partial charge in [0.25, 0.3) is 0 Å². The maximum absolute atomic E-state index is 10.6. The summed E-state index contributed by atoms with van der Waals surface area (Å²) < 4.78 is 0. The van der Waals surface area contributed by atoms with Crippen molar-refractivity contribution in [3.8, 4) is 11.3 Å². The van der Waals surface area contributed by atoms with Gasteiger partial charge in [0.1, 0.15) is 16.6 Å². The van der Waals surface area contributed by atoms with Crippen molar-refractivity contribution in [3.05, 3.63) is 74.8 Å². The molecule has 0 bridgehead atoms. The van der Waals surface area contributed by atoms with E-state index >= 15 is 0 Å². The highest BCUT2D eigenvalue weighted by Crippen LogP contribution is 2.38. The van der Waals surface area contributed by atoms with Gasteiger partial charge in [0, 0.05) is 21.2 Å². The van der Waals surface area contributed by atoms with Crippen molar-refractivity contribution >= 4 is 40.0 Å². The molecule has 2 N–H and O–H groups in total. The number of benzene rings is 2. The third kappa shape index (κ3) is 3.03. The number of hydrogen-bond donors (Lipinski definition) is 2. The molecular formula is C21H18ClN3OS. The van der Waals surface area contributed by atoms with Crippen LogP contribution in [0.15, 0.2) is 54.3 Å². The second-order valence-electron chi connectivity index (χ2n) is 6.43. The van der Waals surface area contributed by atoms with E-state index in [-0.39, 0.29) is 18.1 Å². The minimum atomic E-state index is 0.160. The topological polar surface area (TPSA) is 60.2 Å². The van der Waals surface area contributed by atoms with E-state index < -0.39 is 0 Å². The van der Waals surface area contributed by atoms with E-state index in [4.69, 9.17) is 22.0 Å². The van der Waals surface area contributed by atoms with Gasteiger partial charge in [-0.15, -0.1) is 11.3 Å². The fourth-order valence-corrected chi connectivity index (χ4v) is 4.44. The van der Waals surface area contributed by atoms with Crippen molar-refractivity contribution in [2.45, 2.75) is 13.8 Å². The Kier molecular flexibility index (Phi) is 4.50. The first-order valence-electron chi connectivity index (χ1n) is 8.54. The van der Waals surface area contributed by atoms with Gasteiger partial charge in [0.05, 0.1) is 17.8 Å². The smallest absolute Gasteiger partial charge is 0.139 e. The fourth-order valence-electron chi connectivity index (χ4n) is 3.27. The Hall–Kier alpha value is -2.63. The molecule has 0 atom stereocenters. The van der Waals surface area contributed by atoms with Crippen LogP contribution < -0.4 is 4.90 Å². The van der Waals surface area contributed by atoms with Crippen LogP contribution in [0.1, 0.15) is 15.4 Å². The second kappa shape index (κ2) is 6.83. The van der Waals surface area contributed by atoms with Gasteiger partial charge in [-0.3, -0.25) is 5.41 Å². The number of hydrogen-bond acceptors (Lipinski definition) is 4. The number of thiazole rings is 1. The van der Waals surface area contributed by atoms with Crippen LogP contribution in [-0.2, 0) is 0 Å². The van der Waals surface area contributed by atoms with Gasteiger partial charge >= 0.3 is 0 Å². The Morgan fingerprint density at radius 3 is 2.59 bits per heavy atom. The van der Waals surface area contributed by atoms with E-state index in [0.29, 0.717) is 15.6 Å². The highest BCUT2D eigenvalue weighted by molar-refractivity contribution is 7.13. The van der Waals surface area contributed by atoms with Crippen LogP contribution in [0.3, 0.4) is 0 Å². The second-order valence-corrected chi connectivity index (χ2v) is 8.04. The highest BCUT2D eigenvalue weighted by Gasteiger charge is 2.32. The lowest BCUT2D eigenvalue weighted by molar-refractivity contribution is 0.411. The van der Waals surface area contributed by atoms with Crippen LogP contribution in [0.25, 0.3) is 16.8 Å². The molecule has 6 heteroatoms. The zero-order valence-electron chi connectivity index (χ0n) is 15.0. The lowest BCUT2D eigenvalue weighted by Gasteiger charge is -2.21. The van der Waals surface area contributed by atoms with E-state index in [9.17, 15) is 5.11 Å². The summed E-state index contributed by atoms with van der Waals surface area (Å²) >= 11 is 7.73. The van der Waals surface area contributed by atoms with E-state index in [1.165, 1.54) is 11.3 Å². The van der Waals surface area contributed by atoms with Gasteiger partial charge in [-0.1, -0.05) is 48.0 Å². The van der Waals surface area contributed by atoms with Gasteiger partial charge in [-0.25, -0.2) is 4.98 Å². The number of halogens is 1. The first-order valence-corrected chi connectivity index (χ1v) is 9.73. The molecule has 2 heterocycles. The van der Waals surface area contributed by atoms with Gasteiger partial charge in [-0.2, -0.15) is 0 Å². The average molecular weight is 396 g/mol. The van der Waals surface area contributed by atoms with Crippen molar-refractivity contribution in [1.82, 2.24) is 4.98 Å². The van der Waals surface area contributed by atoms with Gasteiger partial charge in [0.2, 0.25) is 0 Å². The maximum atomic E-state index is 10.6. The Morgan fingerprint density at radius 1 is 1.11 bits per heavy atom. The van der Waals surface area contributed by atoms with Crippen LogP contribution in [0.2, 0.25) is 5.02 Å². The van der Waals surface area contributed by atoms with Crippen molar-refractivity contribution in [1.29, 1.82) is 5.41 Å². The zero-order chi connectivity index (χ0) is 19.1. The molecule has 136 valence electrons. The fraction of sp³-hybridized carbons (Fsp3) is 0.143. The first-order chi connectivity index (χ1) is 13.0. The van der Waals surface area contributed by atoms with Crippen molar-refractivity contribution in [2.24, 2.45) is 0 Å². The SMILES string of the molecule is Cc1sc(C2=C(O)CN(c3cccc(Cl)c3C)C2=N)nc1-c1ccccc1. The molecule has 1 aliphatic heterocycles. The minimum absolute atomic E-state index is 0.160. The van der Waals surface area contributed by atoms with E-state index in [2.05, 4.69) is 0 Å². The minimum Gasteiger partial charge on any atom is -0.510 e. The summed E-state index contributed by atoms with van der Waals surface area (Å²) in [6.45, 7) is 4.17. The number of rotatable bonds is 3. The molecule has 1 aromatic heterocycles. The van der Waals surface area contributed by atoms with Crippen LogP contribution >= 0.6 is 22.9 Å². The number of amidine groups is 1. The van der Waals surface area contributed by atoms with Gasteiger partial charge in [-0.05, 0) is 31.5 Å². The molecule has 0 radical (unpaired) electrons. The Morgan fingerprint density at radius 2 is 1.85 bits per heavy atom. The molecule has 0 fully saturated rings. The van der Waals surface area contributed by atoms with E-state index in [0.717, 1.165) is 27.4 Å². The van der Waals surface area contributed by atoms with Gasteiger partial charge in [0.15, 0.2) is 0 Å². The van der Waals surface area contributed by atoms with E-state index in [1.54, 1.807) is 4.90 Å². The molecule has 1 aliphatic rings. The molecule has 3 aromatic rings. The average Bonchev–Trinajstić information content (AvgIpc) is 3.17. The largest absolute Gasteiger partial charge is 0.510 e. The molecule has 0 spiro atoms. The number of aliphatic hydroxyl groups excluding tert-OH is 1. The molecule has 4 rings (SSSR count). The lowest BCUT2D eigenvalue weighted by Crippen LogP contribution is -2.26. The Labute approximate surface area is 166 Å². The Bertz CT molecular complexity index is 1070. The van der Waals surface area contributed by atoms with Crippen LogP contribution in [-0.4, -0.2) is 22.5 Å². The zero-order valence-corrected chi connectivity index (χ0v) is 16.5. The number of aromatic nitrogens is 1. The normalized spacial score (nSPS) is 14.3. The van der Waals surface area contributed by atoms with Crippen molar-refractivity contribution in [3.63, 3.8) is 0 Å². The molecule has 0 amide bonds. The molecule has 0 saturated carbocycles. The summed E-state index contributed by atoms with van der Waals surface area (Å²) in [4.78, 5) is 7.56. The third-order valence-corrected chi connectivity index (χ3v) is 6.09. The molecule has 0 aliphatic carbocycles. The third-order valence-electron chi connectivity index (χ3n) is 4.69. The van der Waals surface area contributed by atoms with Gasteiger partial charge < -0.3 is 10.0 Å². The van der Waals surface area contributed by atoms with Crippen molar-refractivity contribution in [2.75, 3.05) is 11.4 Å². The number of nitrogens with zero attached hydrogens (tertiary/aromatic N) is 2. The predicted octanol–water partition coefficient (Wildman–Crippen LogP) is 5.85. The molecule has 27 heavy (non-hydrogen) atoms. The summed E-state index contributed by atoms with van der Waals surface area (Å²) in [6, 6.07) is 15.5. The summed E-state index contributed by atoms with van der Waals surface area (Å²) in [5, 5.41) is 20.6. The maximum Gasteiger partial charge on any atom is 0.139 e. The predicted molar refractivity (Wildman–Crippen MR) is 113 cm³/mol. The summed E-state index contributed by atoms with van der Waals surface area (Å²) in [6.07, 6.45) is 0. The molecule has 0 unspecified atom stereocenters. The number of aryl methyl sites for hydroxylation is 1. The monoisotopic (exact) mass is 395 g/mol. The highest BCUT2D eigenvalue weighted by atomic mass is 35.5. The van der Waals surface area contributed by atoms with E-state index in [1.807, 2.05) is 62.4 Å². The summed E-state index contributed by atoms with van der Waals surface area (Å²) in [5.41, 5.74) is 4.12. The molecule has 0 saturated heterocycles. The van der Waals surface area contributed by atoms with Crippen LogP contribution in [0.5, 0.6) is 0 Å². The lowest BCUT2D eigenvalue weighted by atomic mass is 10.1. The number of anilines is 1. The summed E-state index contributed by atoms with van der Waals surface area (Å²) in [7, 11) is 0. The Balaban J connectivity index is 1.72. The summed E-state index contributed by atoms with van der Waals surface area (Å²) in [5.74, 6) is 0.402. The van der Waals surface area contributed by atoms with Crippen LogP contribution in [0, 0.1) is 19.3 Å². The molecular weight excluding hydrogens is 378 g/mol. The standard InChI is InChI=1S/C21H18ClN3OS/c1-12-15(22)9-6-10-16(12)25-11-17(26)18(20(25)23)21-24-19(13(2)27-21)14-7-4-3-5-8-14/h3-10,23,26H,11H2,1-2H3. The quantitative estimate of drug-likeness (QED) is 0.585. The number of nitrogens with one attached hydrogen (secondary N) is 1.